The molecular formula is C10H11F3O3. The van der Waals surface area contributed by atoms with Crippen LogP contribution in [0, 0.1) is 0 Å². The van der Waals surface area contributed by atoms with E-state index in [-0.39, 0.29) is 0 Å². The molecule has 0 radical (unpaired) electrons. The smallest absolute Gasteiger partial charge is 0.449 e. The number of halogens is 3. The van der Waals surface area contributed by atoms with E-state index in [4.69, 9.17) is 4.74 Å². The molecule has 1 heterocycles. The average molecular weight is 236 g/mol. The Morgan fingerprint density at radius 3 is 2.19 bits per heavy atom. The van der Waals surface area contributed by atoms with Gasteiger partial charge in [-0.1, -0.05) is 0 Å². The lowest BCUT2D eigenvalue weighted by atomic mass is 10.2. The molecule has 0 aromatic carbocycles. The minimum atomic E-state index is -4.60. The Labute approximate surface area is 90.2 Å². The highest BCUT2D eigenvalue weighted by Gasteiger charge is 2.36. The third-order valence-electron chi connectivity index (χ3n) is 1.49. The predicted octanol–water partition coefficient (Wildman–Crippen LogP) is 3.25. The van der Waals surface area contributed by atoms with Gasteiger partial charge in [0.15, 0.2) is 0 Å². The highest BCUT2D eigenvalue weighted by Crippen LogP contribution is 2.30. The molecule has 0 unspecified atom stereocenters. The third kappa shape index (κ3) is 3.29. The summed E-state index contributed by atoms with van der Waals surface area (Å²) in [6.45, 7) is 4.83. The van der Waals surface area contributed by atoms with Crippen LogP contribution in [0.5, 0.6) is 0 Å². The van der Waals surface area contributed by atoms with Gasteiger partial charge in [0, 0.05) is 0 Å². The molecule has 1 aromatic rings. The fourth-order valence-corrected chi connectivity index (χ4v) is 0.928. The van der Waals surface area contributed by atoms with E-state index in [9.17, 15) is 18.0 Å². The van der Waals surface area contributed by atoms with E-state index in [2.05, 4.69) is 4.42 Å². The van der Waals surface area contributed by atoms with Crippen molar-refractivity contribution >= 4 is 5.97 Å². The predicted molar refractivity (Wildman–Crippen MR) is 48.9 cm³/mol. The fourth-order valence-electron chi connectivity index (χ4n) is 0.928. The van der Waals surface area contributed by atoms with Crippen LogP contribution in [-0.4, -0.2) is 11.6 Å². The van der Waals surface area contributed by atoms with Crippen LogP contribution in [-0.2, 0) is 10.9 Å². The third-order valence-corrected chi connectivity index (χ3v) is 1.49. The molecule has 90 valence electrons. The summed E-state index contributed by atoms with van der Waals surface area (Å²) in [5.41, 5.74) is -0.776. The van der Waals surface area contributed by atoms with Crippen LogP contribution in [0.1, 0.15) is 37.1 Å². The zero-order chi connectivity index (χ0) is 12.6. The van der Waals surface area contributed by atoms with Gasteiger partial charge in [0.1, 0.15) is 5.60 Å². The summed E-state index contributed by atoms with van der Waals surface area (Å²) in [4.78, 5) is 11.3. The topological polar surface area (TPSA) is 39.4 Å². The number of hydrogen-bond donors (Lipinski definition) is 0. The first-order valence-electron chi connectivity index (χ1n) is 4.50. The van der Waals surface area contributed by atoms with Gasteiger partial charge >= 0.3 is 12.1 Å². The lowest BCUT2D eigenvalue weighted by Crippen LogP contribution is -2.23. The van der Waals surface area contributed by atoms with E-state index in [1.807, 2.05) is 0 Å². The molecule has 0 aliphatic heterocycles. The van der Waals surface area contributed by atoms with E-state index in [0.717, 1.165) is 6.07 Å². The minimum absolute atomic E-state index is 0.456. The van der Waals surface area contributed by atoms with Crippen molar-refractivity contribution in [3.8, 4) is 0 Å². The highest BCUT2D eigenvalue weighted by atomic mass is 19.4. The Bertz CT molecular complexity index is 385. The minimum Gasteiger partial charge on any atom is -0.454 e. The maximum absolute atomic E-state index is 12.2. The van der Waals surface area contributed by atoms with Crippen LogP contribution in [0.3, 0.4) is 0 Å². The van der Waals surface area contributed by atoms with Crippen LogP contribution >= 0.6 is 0 Å². The molecule has 3 nitrogen and oxygen atoms in total. The van der Waals surface area contributed by atoms with E-state index >= 15 is 0 Å². The molecule has 0 saturated heterocycles. The number of carbonyl (C=O) groups is 1. The molecule has 0 atom stereocenters. The fraction of sp³-hybridized carbons (Fsp3) is 0.500. The molecule has 0 N–H and O–H groups in total. The van der Waals surface area contributed by atoms with Crippen molar-refractivity contribution < 1.29 is 27.1 Å². The Kier molecular flexibility index (Phi) is 3.03. The average Bonchev–Trinajstić information content (AvgIpc) is 2.46. The zero-order valence-corrected chi connectivity index (χ0v) is 9.01. The molecule has 0 aliphatic carbocycles. The van der Waals surface area contributed by atoms with Crippen LogP contribution in [0.25, 0.3) is 0 Å². The summed E-state index contributed by atoms with van der Waals surface area (Å²) in [5, 5.41) is 0. The van der Waals surface area contributed by atoms with Gasteiger partial charge in [0.25, 0.3) is 0 Å². The van der Waals surface area contributed by atoms with E-state index in [0.29, 0.717) is 6.07 Å². The molecular weight excluding hydrogens is 225 g/mol. The molecule has 0 amide bonds. The van der Waals surface area contributed by atoms with Gasteiger partial charge in [-0.3, -0.25) is 0 Å². The second-order valence-electron chi connectivity index (χ2n) is 4.16. The summed E-state index contributed by atoms with van der Waals surface area (Å²) in [6, 6.07) is 1.64. The standard InChI is InChI=1S/C10H11F3O3/c1-9(2,3)16-8(14)6-4-5-7(15-6)10(11,12)13/h4-5H,1-3H3. The van der Waals surface area contributed by atoms with Crippen LogP contribution in [0.2, 0.25) is 0 Å². The van der Waals surface area contributed by atoms with Crippen LogP contribution in [0.4, 0.5) is 13.2 Å². The monoisotopic (exact) mass is 236 g/mol. The Morgan fingerprint density at radius 2 is 1.81 bits per heavy atom. The number of carbonyl (C=O) groups excluding carboxylic acids is 1. The van der Waals surface area contributed by atoms with Crippen molar-refractivity contribution in [2.45, 2.75) is 32.5 Å². The summed E-state index contributed by atoms with van der Waals surface area (Å²) in [6.07, 6.45) is -4.60. The number of ether oxygens (including phenoxy) is 1. The van der Waals surface area contributed by atoms with Gasteiger partial charge in [-0.2, -0.15) is 13.2 Å². The van der Waals surface area contributed by atoms with E-state index in [1.54, 1.807) is 20.8 Å². The molecule has 0 aliphatic rings. The summed E-state index contributed by atoms with van der Waals surface area (Å²) < 4.78 is 45.7. The summed E-state index contributed by atoms with van der Waals surface area (Å²) in [7, 11) is 0. The molecule has 0 saturated carbocycles. The zero-order valence-electron chi connectivity index (χ0n) is 9.01. The van der Waals surface area contributed by atoms with Crippen molar-refractivity contribution in [3.05, 3.63) is 23.7 Å². The normalized spacial score (nSPS) is 12.6. The number of rotatable bonds is 1. The summed E-state index contributed by atoms with van der Waals surface area (Å²) in [5.74, 6) is -2.58. The number of hydrogen-bond acceptors (Lipinski definition) is 3. The van der Waals surface area contributed by atoms with E-state index < -0.39 is 29.3 Å². The van der Waals surface area contributed by atoms with Crippen molar-refractivity contribution in [3.63, 3.8) is 0 Å². The first-order valence-corrected chi connectivity index (χ1v) is 4.50. The lowest BCUT2D eigenvalue weighted by molar-refractivity contribution is -0.153. The van der Waals surface area contributed by atoms with Crippen molar-refractivity contribution in [2.24, 2.45) is 0 Å². The van der Waals surface area contributed by atoms with Crippen LogP contribution < -0.4 is 0 Å². The maximum Gasteiger partial charge on any atom is 0.449 e. The van der Waals surface area contributed by atoms with Gasteiger partial charge in [-0.15, -0.1) is 0 Å². The molecule has 1 aromatic heterocycles. The molecule has 6 heteroatoms. The highest BCUT2D eigenvalue weighted by molar-refractivity contribution is 5.86. The summed E-state index contributed by atoms with van der Waals surface area (Å²) >= 11 is 0. The van der Waals surface area contributed by atoms with Gasteiger partial charge in [-0.05, 0) is 32.9 Å². The van der Waals surface area contributed by atoms with Crippen molar-refractivity contribution in [2.75, 3.05) is 0 Å². The molecule has 16 heavy (non-hydrogen) atoms. The number of furan rings is 1. The van der Waals surface area contributed by atoms with Crippen LogP contribution in [0.15, 0.2) is 16.5 Å². The molecule has 1 rings (SSSR count). The molecule has 0 spiro atoms. The molecule has 0 fully saturated rings. The first-order chi connectivity index (χ1) is 7.09. The Balaban J connectivity index is 2.83. The van der Waals surface area contributed by atoms with Gasteiger partial charge in [-0.25, -0.2) is 4.79 Å². The number of alkyl halides is 3. The molecule has 0 bridgehead atoms. The van der Waals surface area contributed by atoms with Gasteiger partial charge in [0.05, 0.1) is 0 Å². The van der Waals surface area contributed by atoms with Crippen molar-refractivity contribution in [1.29, 1.82) is 0 Å². The lowest BCUT2D eigenvalue weighted by Gasteiger charge is -2.18. The maximum atomic E-state index is 12.2. The SMILES string of the molecule is CC(C)(C)OC(=O)c1ccc(C(F)(F)F)o1. The second kappa shape index (κ2) is 3.84. The van der Waals surface area contributed by atoms with Gasteiger partial charge < -0.3 is 9.15 Å². The largest absolute Gasteiger partial charge is 0.454 e. The quantitative estimate of drug-likeness (QED) is 0.702. The van der Waals surface area contributed by atoms with Gasteiger partial charge in [0.2, 0.25) is 11.5 Å². The Hall–Kier alpha value is -1.46. The Morgan fingerprint density at radius 1 is 1.25 bits per heavy atom. The number of esters is 1. The second-order valence-corrected chi connectivity index (χ2v) is 4.16. The first kappa shape index (κ1) is 12.6. The van der Waals surface area contributed by atoms with E-state index in [1.165, 1.54) is 0 Å². The van der Waals surface area contributed by atoms with Crippen molar-refractivity contribution in [1.82, 2.24) is 0 Å².